The maximum Gasteiger partial charge on any atom is 0.119 e. The summed E-state index contributed by atoms with van der Waals surface area (Å²) >= 11 is 0. The molecule has 0 N–H and O–H groups in total. The first kappa shape index (κ1) is 17.3. The van der Waals surface area contributed by atoms with Crippen molar-refractivity contribution in [1.82, 2.24) is 4.90 Å². The second-order valence-electron chi connectivity index (χ2n) is 6.49. The van der Waals surface area contributed by atoms with Crippen molar-refractivity contribution in [3.63, 3.8) is 0 Å². The van der Waals surface area contributed by atoms with Gasteiger partial charge in [0, 0.05) is 19.7 Å². The Morgan fingerprint density at radius 1 is 1.14 bits per heavy atom. The van der Waals surface area contributed by atoms with Crippen LogP contribution in [0.1, 0.15) is 44.6 Å². The molecule has 0 spiro atoms. The predicted octanol–water partition coefficient (Wildman–Crippen LogP) is 4.11. The van der Waals surface area contributed by atoms with Crippen LogP contribution in [0.4, 0.5) is 0 Å². The first-order valence-electron chi connectivity index (χ1n) is 8.63. The molecule has 0 aromatic heterocycles. The van der Waals surface area contributed by atoms with Crippen LogP contribution < -0.4 is 4.74 Å². The van der Waals surface area contributed by atoms with Crippen molar-refractivity contribution in [3.05, 3.63) is 29.8 Å². The molecule has 1 fully saturated rings. The maximum atomic E-state index is 5.70. The summed E-state index contributed by atoms with van der Waals surface area (Å²) in [6.45, 7) is 4.56. The lowest BCUT2D eigenvalue weighted by Gasteiger charge is -2.34. The van der Waals surface area contributed by atoms with Gasteiger partial charge in [-0.2, -0.15) is 0 Å². The highest BCUT2D eigenvalue weighted by molar-refractivity contribution is 5.28. The molecule has 22 heavy (non-hydrogen) atoms. The quantitative estimate of drug-likeness (QED) is 0.675. The van der Waals surface area contributed by atoms with Crippen molar-refractivity contribution in [3.8, 4) is 5.75 Å². The molecule has 1 aromatic carbocycles. The standard InChI is InChI=1S/C19H31NO2/c1-4-16-8-10-18(11-9-16)20(2)15-17-6-5-7-19(14-17)22-13-12-21-3/h5-7,14,16,18H,4,8-13,15H2,1-3H3. The van der Waals surface area contributed by atoms with E-state index in [4.69, 9.17) is 9.47 Å². The molecule has 0 heterocycles. The Hall–Kier alpha value is -1.06. The summed E-state index contributed by atoms with van der Waals surface area (Å²) in [6, 6.07) is 9.19. The van der Waals surface area contributed by atoms with Gasteiger partial charge in [0.1, 0.15) is 12.4 Å². The van der Waals surface area contributed by atoms with Crippen LogP contribution in [0, 0.1) is 5.92 Å². The molecule has 0 aliphatic heterocycles. The van der Waals surface area contributed by atoms with Gasteiger partial charge >= 0.3 is 0 Å². The summed E-state index contributed by atoms with van der Waals surface area (Å²) in [5.41, 5.74) is 1.33. The summed E-state index contributed by atoms with van der Waals surface area (Å²) in [7, 11) is 3.96. The van der Waals surface area contributed by atoms with Crippen molar-refractivity contribution in [2.75, 3.05) is 27.4 Å². The molecule has 0 amide bonds. The largest absolute Gasteiger partial charge is 0.491 e. The van der Waals surface area contributed by atoms with Gasteiger partial charge in [0.15, 0.2) is 0 Å². The summed E-state index contributed by atoms with van der Waals surface area (Å²) < 4.78 is 10.7. The van der Waals surface area contributed by atoms with Gasteiger partial charge in [-0.15, -0.1) is 0 Å². The Morgan fingerprint density at radius 3 is 2.59 bits per heavy atom. The normalized spacial score (nSPS) is 22.0. The lowest BCUT2D eigenvalue weighted by Crippen LogP contribution is -2.34. The Labute approximate surface area is 135 Å². The monoisotopic (exact) mass is 305 g/mol. The van der Waals surface area contributed by atoms with E-state index in [0.29, 0.717) is 13.2 Å². The lowest BCUT2D eigenvalue weighted by molar-refractivity contribution is 0.145. The van der Waals surface area contributed by atoms with Gasteiger partial charge in [0.05, 0.1) is 6.61 Å². The van der Waals surface area contributed by atoms with Crippen LogP contribution in [-0.2, 0) is 11.3 Å². The topological polar surface area (TPSA) is 21.7 Å². The Balaban J connectivity index is 1.83. The maximum absolute atomic E-state index is 5.70. The van der Waals surface area contributed by atoms with E-state index in [9.17, 15) is 0 Å². The van der Waals surface area contributed by atoms with Gasteiger partial charge in [-0.1, -0.05) is 25.5 Å². The predicted molar refractivity (Wildman–Crippen MR) is 91.3 cm³/mol. The third-order valence-corrected chi connectivity index (χ3v) is 4.90. The van der Waals surface area contributed by atoms with E-state index in [0.717, 1.165) is 24.3 Å². The van der Waals surface area contributed by atoms with Crippen molar-refractivity contribution in [2.24, 2.45) is 5.92 Å². The number of hydrogen-bond acceptors (Lipinski definition) is 3. The molecule has 0 radical (unpaired) electrons. The van der Waals surface area contributed by atoms with E-state index in [1.165, 1.54) is 37.7 Å². The van der Waals surface area contributed by atoms with Crippen LogP contribution in [0.15, 0.2) is 24.3 Å². The number of benzene rings is 1. The fourth-order valence-corrected chi connectivity index (χ4v) is 3.39. The zero-order valence-corrected chi connectivity index (χ0v) is 14.4. The minimum atomic E-state index is 0.608. The Morgan fingerprint density at radius 2 is 1.91 bits per heavy atom. The number of ether oxygens (including phenoxy) is 2. The number of rotatable bonds is 8. The second-order valence-corrected chi connectivity index (χ2v) is 6.49. The third-order valence-electron chi connectivity index (χ3n) is 4.90. The molecule has 0 saturated heterocycles. The molecule has 2 rings (SSSR count). The van der Waals surface area contributed by atoms with Crippen LogP contribution in [0.5, 0.6) is 5.75 Å². The number of nitrogens with zero attached hydrogens (tertiary/aromatic N) is 1. The highest BCUT2D eigenvalue weighted by atomic mass is 16.5. The van der Waals surface area contributed by atoms with Gasteiger partial charge in [-0.05, 0) is 56.3 Å². The molecule has 124 valence electrons. The minimum Gasteiger partial charge on any atom is -0.491 e. The highest BCUT2D eigenvalue weighted by Crippen LogP contribution is 2.29. The smallest absolute Gasteiger partial charge is 0.119 e. The second kappa shape index (κ2) is 9.16. The molecule has 3 heteroatoms. The third kappa shape index (κ3) is 5.29. The average Bonchev–Trinajstić information content (AvgIpc) is 2.55. The number of methoxy groups -OCH3 is 1. The fourth-order valence-electron chi connectivity index (χ4n) is 3.39. The minimum absolute atomic E-state index is 0.608. The zero-order chi connectivity index (χ0) is 15.8. The summed E-state index contributed by atoms with van der Waals surface area (Å²) in [5, 5.41) is 0. The van der Waals surface area contributed by atoms with Crippen LogP contribution >= 0.6 is 0 Å². The van der Waals surface area contributed by atoms with Crippen molar-refractivity contribution < 1.29 is 9.47 Å². The first-order chi connectivity index (χ1) is 10.7. The Kier molecular flexibility index (Phi) is 7.20. The molecule has 0 atom stereocenters. The van der Waals surface area contributed by atoms with Gasteiger partial charge in [0.2, 0.25) is 0 Å². The lowest BCUT2D eigenvalue weighted by atomic mass is 9.84. The first-order valence-corrected chi connectivity index (χ1v) is 8.63. The molecule has 3 nitrogen and oxygen atoms in total. The average molecular weight is 305 g/mol. The number of hydrogen-bond donors (Lipinski definition) is 0. The molecule has 1 aromatic rings. The van der Waals surface area contributed by atoms with E-state index in [2.05, 4.69) is 37.1 Å². The zero-order valence-electron chi connectivity index (χ0n) is 14.4. The van der Waals surface area contributed by atoms with Gasteiger partial charge in [-0.3, -0.25) is 4.90 Å². The van der Waals surface area contributed by atoms with Crippen LogP contribution in [0.25, 0.3) is 0 Å². The molecule has 1 saturated carbocycles. The summed E-state index contributed by atoms with van der Waals surface area (Å²) in [4.78, 5) is 2.51. The van der Waals surface area contributed by atoms with Crippen molar-refractivity contribution in [1.29, 1.82) is 0 Å². The molecule has 1 aliphatic carbocycles. The van der Waals surface area contributed by atoms with Gasteiger partial charge < -0.3 is 9.47 Å². The van der Waals surface area contributed by atoms with Crippen LogP contribution in [-0.4, -0.2) is 38.3 Å². The highest BCUT2D eigenvalue weighted by Gasteiger charge is 2.22. The fraction of sp³-hybridized carbons (Fsp3) is 0.684. The molecular formula is C19H31NO2. The van der Waals surface area contributed by atoms with E-state index < -0.39 is 0 Å². The van der Waals surface area contributed by atoms with E-state index in [1.807, 2.05) is 6.07 Å². The molecule has 0 unspecified atom stereocenters. The van der Waals surface area contributed by atoms with Crippen LogP contribution in [0.3, 0.4) is 0 Å². The van der Waals surface area contributed by atoms with E-state index in [1.54, 1.807) is 7.11 Å². The SMILES string of the molecule is CCC1CCC(N(C)Cc2cccc(OCCOC)c2)CC1. The van der Waals surface area contributed by atoms with Crippen molar-refractivity contribution in [2.45, 2.75) is 51.6 Å². The van der Waals surface area contributed by atoms with Crippen molar-refractivity contribution >= 4 is 0 Å². The van der Waals surface area contributed by atoms with E-state index >= 15 is 0 Å². The van der Waals surface area contributed by atoms with Crippen LogP contribution in [0.2, 0.25) is 0 Å². The van der Waals surface area contributed by atoms with Gasteiger partial charge in [-0.25, -0.2) is 0 Å². The Bertz CT molecular complexity index is 427. The molecule has 1 aliphatic rings. The summed E-state index contributed by atoms with van der Waals surface area (Å²) in [5.74, 6) is 1.90. The summed E-state index contributed by atoms with van der Waals surface area (Å²) in [6.07, 6.45) is 6.83. The molecular weight excluding hydrogens is 274 g/mol. The van der Waals surface area contributed by atoms with Gasteiger partial charge in [0.25, 0.3) is 0 Å². The van der Waals surface area contributed by atoms with E-state index in [-0.39, 0.29) is 0 Å². The molecule has 0 bridgehead atoms.